The van der Waals surface area contributed by atoms with Gasteiger partial charge in [-0.05, 0) is 18.9 Å². The summed E-state index contributed by atoms with van der Waals surface area (Å²) in [6.07, 6.45) is 6.01. The van der Waals surface area contributed by atoms with E-state index in [-0.39, 0.29) is 12.5 Å². The van der Waals surface area contributed by atoms with E-state index in [1.165, 1.54) is 5.56 Å². The van der Waals surface area contributed by atoms with Gasteiger partial charge in [-0.25, -0.2) is 0 Å². The number of nitrogens with one attached hydrogen (secondary N) is 1. The number of pyridine rings is 1. The normalized spacial score (nSPS) is 10.4. The zero-order chi connectivity index (χ0) is 13.7. The summed E-state index contributed by atoms with van der Waals surface area (Å²) in [4.78, 5) is 11.8. The molecular formula is C14H18N3O2+. The number of carbonyl (C=O) groups is 1. The van der Waals surface area contributed by atoms with Gasteiger partial charge < -0.3 is 9.84 Å². The average molecular weight is 260 g/mol. The highest BCUT2D eigenvalue weighted by atomic mass is 16.5. The number of carbonyl (C=O) groups excluding carboxylic acids is 1. The second kappa shape index (κ2) is 6.13. The molecule has 2 rings (SSSR count). The Morgan fingerprint density at radius 3 is 2.74 bits per heavy atom. The van der Waals surface area contributed by atoms with E-state index in [4.69, 9.17) is 4.52 Å². The molecule has 0 aliphatic carbocycles. The van der Waals surface area contributed by atoms with Crippen molar-refractivity contribution in [1.82, 2.24) is 5.16 Å². The first-order valence-electron chi connectivity index (χ1n) is 6.38. The molecule has 0 aliphatic heterocycles. The summed E-state index contributed by atoms with van der Waals surface area (Å²) in [5.74, 6) is 0.999. The van der Waals surface area contributed by atoms with E-state index in [1.54, 1.807) is 13.0 Å². The number of rotatable bonds is 5. The monoisotopic (exact) mass is 260 g/mol. The van der Waals surface area contributed by atoms with Crippen molar-refractivity contribution in [1.29, 1.82) is 0 Å². The van der Waals surface area contributed by atoms with E-state index in [0.717, 1.165) is 12.8 Å². The van der Waals surface area contributed by atoms with Crippen molar-refractivity contribution >= 4 is 11.7 Å². The van der Waals surface area contributed by atoms with Crippen LogP contribution >= 0.6 is 0 Å². The summed E-state index contributed by atoms with van der Waals surface area (Å²) in [6.45, 7) is 4.19. The third kappa shape index (κ3) is 3.91. The fraction of sp³-hybridized carbons (Fsp3) is 0.357. The first-order chi connectivity index (χ1) is 9.17. The molecular weight excluding hydrogens is 242 g/mol. The largest absolute Gasteiger partial charge is 0.360 e. The Morgan fingerprint density at radius 1 is 1.42 bits per heavy atom. The summed E-state index contributed by atoms with van der Waals surface area (Å²) >= 11 is 0. The topological polar surface area (TPSA) is 59.0 Å². The third-order valence-electron chi connectivity index (χ3n) is 2.72. The van der Waals surface area contributed by atoms with Gasteiger partial charge in [0.2, 0.25) is 6.54 Å². The van der Waals surface area contributed by atoms with E-state index in [0.29, 0.717) is 11.6 Å². The summed E-state index contributed by atoms with van der Waals surface area (Å²) in [5, 5.41) is 6.41. The highest BCUT2D eigenvalue weighted by molar-refractivity contribution is 5.88. The van der Waals surface area contributed by atoms with Crippen LogP contribution < -0.4 is 9.88 Å². The van der Waals surface area contributed by atoms with Gasteiger partial charge in [0, 0.05) is 18.2 Å². The van der Waals surface area contributed by atoms with E-state index in [1.807, 2.05) is 29.1 Å². The first-order valence-corrected chi connectivity index (χ1v) is 6.38. The van der Waals surface area contributed by atoms with Crippen molar-refractivity contribution in [2.75, 3.05) is 5.32 Å². The zero-order valence-electron chi connectivity index (χ0n) is 11.2. The molecule has 2 aromatic rings. The number of anilines is 1. The minimum absolute atomic E-state index is 0.124. The van der Waals surface area contributed by atoms with Crippen LogP contribution in [0.15, 0.2) is 35.1 Å². The van der Waals surface area contributed by atoms with Gasteiger partial charge in [-0.15, -0.1) is 0 Å². The Bertz CT molecular complexity index is 546. The smallest absolute Gasteiger partial charge is 0.291 e. The van der Waals surface area contributed by atoms with Crippen molar-refractivity contribution in [2.24, 2.45) is 0 Å². The minimum Gasteiger partial charge on any atom is -0.360 e. The Hall–Kier alpha value is -2.17. The van der Waals surface area contributed by atoms with Crippen molar-refractivity contribution in [2.45, 2.75) is 33.2 Å². The lowest BCUT2D eigenvalue weighted by Crippen LogP contribution is -2.39. The maximum atomic E-state index is 11.8. The van der Waals surface area contributed by atoms with Crippen LogP contribution in [0.25, 0.3) is 0 Å². The van der Waals surface area contributed by atoms with Gasteiger partial charge in [-0.2, -0.15) is 4.57 Å². The lowest BCUT2D eigenvalue weighted by atomic mass is 10.2. The van der Waals surface area contributed by atoms with Crippen molar-refractivity contribution < 1.29 is 13.9 Å². The van der Waals surface area contributed by atoms with Crippen LogP contribution in [-0.4, -0.2) is 11.1 Å². The number of nitrogens with zero attached hydrogens (tertiary/aromatic N) is 2. The summed E-state index contributed by atoms with van der Waals surface area (Å²) in [5.41, 5.74) is 1.28. The molecule has 0 saturated carbocycles. The van der Waals surface area contributed by atoms with E-state index >= 15 is 0 Å². The van der Waals surface area contributed by atoms with E-state index in [2.05, 4.69) is 17.4 Å². The fourth-order valence-electron chi connectivity index (χ4n) is 1.82. The molecule has 1 amide bonds. The molecule has 2 aromatic heterocycles. The van der Waals surface area contributed by atoms with Crippen LogP contribution in [0.1, 0.15) is 24.7 Å². The molecule has 5 nitrogen and oxygen atoms in total. The molecule has 100 valence electrons. The van der Waals surface area contributed by atoms with Crippen LogP contribution in [-0.2, 0) is 17.8 Å². The molecule has 2 heterocycles. The maximum absolute atomic E-state index is 11.8. The van der Waals surface area contributed by atoms with Crippen molar-refractivity contribution in [3.63, 3.8) is 0 Å². The Balaban J connectivity index is 1.91. The molecule has 0 spiro atoms. The lowest BCUT2D eigenvalue weighted by Gasteiger charge is -1.99. The molecule has 0 fully saturated rings. The van der Waals surface area contributed by atoms with E-state index in [9.17, 15) is 4.79 Å². The van der Waals surface area contributed by atoms with Gasteiger partial charge in [0.1, 0.15) is 5.76 Å². The number of hydrogen-bond donors (Lipinski definition) is 1. The molecule has 1 N–H and O–H groups in total. The SMILES string of the molecule is CCCc1cc[n+](CC(=O)Nc2cc(C)on2)cc1. The maximum Gasteiger partial charge on any atom is 0.291 e. The standard InChI is InChI=1S/C14H17N3O2/c1-3-4-12-5-7-17(8-6-12)10-14(18)15-13-9-11(2)19-16-13/h5-9H,3-4,10H2,1-2H3/p+1. The second-order valence-corrected chi connectivity index (χ2v) is 4.50. The molecule has 0 bridgehead atoms. The molecule has 0 aliphatic rings. The predicted molar refractivity (Wildman–Crippen MR) is 70.5 cm³/mol. The van der Waals surface area contributed by atoms with Crippen LogP contribution in [0, 0.1) is 6.92 Å². The van der Waals surface area contributed by atoms with E-state index < -0.39 is 0 Å². The van der Waals surface area contributed by atoms with Gasteiger partial charge in [-0.3, -0.25) is 4.79 Å². The van der Waals surface area contributed by atoms with Crippen LogP contribution in [0.4, 0.5) is 5.82 Å². The molecule has 0 radical (unpaired) electrons. The zero-order valence-corrected chi connectivity index (χ0v) is 11.2. The molecule has 0 saturated heterocycles. The lowest BCUT2D eigenvalue weighted by molar-refractivity contribution is -0.684. The molecule has 19 heavy (non-hydrogen) atoms. The molecule has 0 unspecified atom stereocenters. The van der Waals surface area contributed by atoms with Gasteiger partial charge in [-0.1, -0.05) is 18.5 Å². The average Bonchev–Trinajstić information content (AvgIpc) is 2.77. The number of amides is 1. The molecule has 5 heteroatoms. The third-order valence-corrected chi connectivity index (χ3v) is 2.72. The quantitative estimate of drug-likeness (QED) is 0.835. The summed E-state index contributed by atoms with van der Waals surface area (Å²) in [7, 11) is 0. The van der Waals surface area contributed by atoms with Crippen LogP contribution in [0.2, 0.25) is 0 Å². The van der Waals surface area contributed by atoms with Crippen molar-refractivity contribution in [3.8, 4) is 0 Å². The molecule has 0 aromatic carbocycles. The van der Waals surface area contributed by atoms with Crippen molar-refractivity contribution in [3.05, 3.63) is 41.9 Å². The highest BCUT2D eigenvalue weighted by Gasteiger charge is 2.11. The van der Waals surface area contributed by atoms with Gasteiger partial charge in [0.15, 0.2) is 18.2 Å². The summed E-state index contributed by atoms with van der Waals surface area (Å²) in [6, 6.07) is 5.76. The van der Waals surface area contributed by atoms with Crippen LogP contribution in [0.3, 0.4) is 0 Å². The number of aryl methyl sites for hydroxylation is 2. The number of aromatic nitrogens is 2. The number of hydrogen-bond acceptors (Lipinski definition) is 3. The van der Waals surface area contributed by atoms with Gasteiger partial charge in [0.25, 0.3) is 5.91 Å². The second-order valence-electron chi connectivity index (χ2n) is 4.50. The first kappa shape index (κ1) is 13.3. The minimum atomic E-state index is -0.124. The fourth-order valence-corrected chi connectivity index (χ4v) is 1.82. The van der Waals surface area contributed by atoms with Gasteiger partial charge >= 0.3 is 0 Å². The Labute approximate surface area is 112 Å². The van der Waals surface area contributed by atoms with Crippen LogP contribution in [0.5, 0.6) is 0 Å². The highest BCUT2D eigenvalue weighted by Crippen LogP contribution is 2.06. The Morgan fingerprint density at radius 2 is 2.16 bits per heavy atom. The van der Waals surface area contributed by atoms with Gasteiger partial charge in [0.05, 0.1) is 0 Å². The Kier molecular flexibility index (Phi) is 4.28. The molecule has 0 atom stereocenters. The summed E-state index contributed by atoms with van der Waals surface area (Å²) < 4.78 is 6.72. The predicted octanol–water partition coefficient (Wildman–Crippen LogP) is 1.86.